The Morgan fingerprint density at radius 3 is 2.52 bits per heavy atom. The number of nitrogens with zero attached hydrogens (tertiary/aromatic N) is 1. The summed E-state index contributed by atoms with van der Waals surface area (Å²) in [7, 11) is 0. The van der Waals surface area contributed by atoms with Gasteiger partial charge in [-0.2, -0.15) is 4.39 Å². The fourth-order valence-corrected chi connectivity index (χ4v) is 2.55. The van der Waals surface area contributed by atoms with Crippen LogP contribution in [0.5, 0.6) is 0 Å². The van der Waals surface area contributed by atoms with Crippen molar-refractivity contribution in [2.24, 2.45) is 0 Å². The minimum Gasteiger partial charge on any atom is -0.321 e. The third-order valence-electron chi connectivity index (χ3n) is 3.11. The molecule has 21 heavy (non-hydrogen) atoms. The molecule has 0 saturated carbocycles. The third kappa shape index (κ3) is 2.78. The molecule has 104 valence electrons. The molecule has 1 amide bonds. The number of hydrogen-bond acceptors (Lipinski definition) is 2. The van der Waals surface area contributed by atoms with Crippen LogP contribution in [0.25, 0.3) is 10.8 Å². The average molecular weight is 345 g/mol. The predicted molar refractivity (Wildman–Crippen MR) is 83.8 cm³/mol. The normalized spacial score (nSPS) is 10.6. The lowest BCUT2D eigenvalue weighted by molar-refractivity contribution is 0.102. The molecule has 1 aromatic heterocycles. The second-order valence-electron chi connectivity index (χ2n) is 4.46. The lowest BCUT2D eigenvalue weighted by atomic mass is 10.1. The highest BCUT2D eigenvalue weighted by atomic mass is 79.9. The number of fused-ring (bicyclic) bond motifs is 1. The molecule has 2 aromatic carbocycles. The van der Waals surface area contributed by atoms with Crippen molar-refractivity contribution in [3.05, 3.63) is 70.7 Å². The van der Waals surface area contributed by atoms with Gasteiger partial charge in [-0.3, -0.25) is 4.79 Å². The minimum absolute atomic E-state index is 0.309. The Bertz CT molecular complexity index is 818. The van der Waals surface area contributed by atoms with Crippen LogP contribution in [-0.4, -0.2) is 10.9 Å². The molecule has 0 saturated heterocycles. The number of halogens is 2. The molecule has 1 heterocycles. The summed E-state index contributed by atoms with van der Waals surface area (Å²) in [6, 6.07) is 14.0. The van der Waals surface area contributed by atoms with E-state index in [4.69, 9.17) is 0 Å². The second-order valence-corrected chi connectivity index (χ2v) is 5.32. The van der Waals surface area contributed by atoms with Crippen molar-refractivity contribution in [2.75, 3.05) is 5.32 Å². The van der Waals surface area contributed by atoms with Crippen molar-refractivity contribution in [1.82, 2.24) is 4.98 Å². The Balaban J connectivity index is 1.97. The van der Waals surface area contributed by atoms with Crippen molar-refractivity contribution in [3.8, 4) is 0 Å². The molecule has 0 atom stereocenters. The van der Waals surface area contributed by atoms with Crippen LogP contribution in [0.3, 0.4) is 0 Å². The summed E-state index contributed by atoms with van der Waals surface area (Å²) in [6.07, 6.45) is 1.21. The average Bonchev–Trinajstić information content (AvgIpc) is 2.51. The second kappa shape index (κ2) is 5.61. The number of pyridine rings is 1. The molecule has 0 aliphatic carbocycles. The first-order chi connectivity index (χ1) is 10.1. The predicted octanol–water partition coefficient (Wildman–Crippen LogP) is 4.39. The quantitative estimate of drug-likeness (QED) is 0.700. The van der Waals surface area contributed by atoms with Gasteiger partial charge in [-0.15, -0.1) is 0 Å². The zero-order valence-corrected chi connectivity index (χ0v) is 12.4. The number of aromatic nitrogens is 1. The van der Waals surface area contributed by atoms with Crippen molar-refractivity contribution in [3.63, 3.8) is 0 Å². The smallest absolute Gasteiger partial charge is 0.257 e. The molecular weight excluding hydrogens is 335 g/mol. The third-order valence-corrected chi connectivity index (χ3v) is 3.80. The monoisotopic (exact) mass is 344 g/mol. The Labute approximate surface area is 128 Å². The van der Waals surface area contributed by atoms with Crippen LogP contribution in [-0.2, 0) is 0 Å². The van der Waals surface area contributed by atoms with E-state index in [1.165, 1.54) is 12.3 Å². The number of nitrogens with one attached hydrogen (secondary N) is 1. The van der Waals surface area contributed by atoms with E-state index in [1.54, 1.807) is 0 Å². The maximum atomic E-state index is 12.8. The van der Waals surface area contributed by atoms with Crippen LogP contribution >= 0.6 is 15.9 Å². The van der Waals surface area contributed by atoms with E-state index in [1.807, 2.05) is 36.4 Å². The van der Waals surface area contributed by atoms with E-state index in [0.717, 1.165) is 21.3 Å². The molecule has 1 N–H and O–H groups in total. The van der Waals surface area contributed by atoms with E-state index >= 15 is 0 Å². The molecule has 0 aliphatic rings. The van der Waals surface area contributed by atoms with Gasteiger partial charge in [-0.25, -0.2) is 4.98 Å². The van der Waals surface area contributed by atoms with Gasteiger partial charge in [0.25, 0.3) is 5.91 Å². The molecule has 0 radical (unpaired) electrons. The highest BCUT2D eigenvalue weighted by molar-refractivity contribution is 9.10. The summed E-state index contributed by atoms with van der Waals surface area (Å²) in [5.74, 6) is -0.935. The van der Waals surface area contributed by atoms with E-state index < -0.39 is 5.95 Å². The van der Waals surface area contributed by atoms with Gasteiger partial charge in [0, 0.05) is 21.7 Å². The van der Waals surface area contributed by atoms with Gasteiger partial charge in [-0.1, -0.05) is 40.2 Å². The first kappa shape index (κ1) is 13.7. The summed E-state index contributed by atoms with van der Waals surface area (Å²) >= 11 is 3.49. The van der Waals surface area contributed by atoms with Crippen molar-refractivity contribution in [1.29, 1.82) is 0 Å². The van der Waals surface area contributed by atoms with Gasteiger partial charge in [-0.05, 0) is 29.7 Å². The van der Waals surface area contributed by atoms with Crippen molar-refractivity contribution in [2.45, 2.75) is 0 Å². The van der Waals surface area contributed by atoms with Crippen molar-refractivity contribution >= 4 is 38.3 Å². The molecular formula is C16H10BrFN2O. The highest BCUT2D eigenvalue weighted by Crippen LogP contribution is 2.30. The number of anilines is 1. The number of amides is 1. The van der Waals surface area contributed by atoms with Gasteiger partial charge in [0.15, 0.2) is 0 Å². The number of carbonyl (C=O) groups excluding carboxylic acids is 1. The summed E-state index contributed by atoms with van der Waals surface area (Å²) in [4.78, 5) is 15.7. The van der Waals surface area contributed by atoms with Gasteiger partial charge < -0.3 is 5.32 Å². The highest BCUT2D eigenvalue weighted by Gasteiger charge is 2.10. The maximum Gasteiger partial charge on any atom is 0.257 e. The van der Waals surface area contributed by atoms with Crippen LogP contribution in [0, 0.1) is 5.95 Å². The summed E-state index contributed by atoms with van der Waals surface area (Å²) in [6.45, 7) is 0. The number of carbonyl (C=O) groups is 1. The lowest BCUT2D eigenvalue weighted by Crippen LogP contribution is -2.12. The SMILES string of the molecule is O=C(Nc1ccc(Br)c2ccccc12)c1ccc(F)nc1. The van der Waals surface area contributed by atoms with Gasteiger partial charge in [0.1, 0.15) is 0 Å². The largest absolute Gasteiger partial charge is 0.321 e. The summed E-state index contributed by atoms with van der Waals surface area (Å²) < 4.78 is 13.7. The molecule has 0 spiro atoms. The Kier molecular flexibility index (Phi) is 3.66. The molecule has 0 unspecified atom stereocenters. The molecule has 0 aliphatic heterocycles. The summed E-state index contributed by atoms with van der Waals surface area (Å²) in [5, 5.41) is 4.76. The molecule has 3 rings (SSSR count). The number of rotatable bonds is 2. The van der Waals surface area contributed by atoms with E-state index in [9.17, 15) is 9.18 Å². The van der Waals surface area contributed by atoms with Crippen LogP contribution < -0.4 is 5.32 Å². The van der Waals surface area contributed by atoms with Crippen LogP contribution in [0.2, 0.25) is 0 Å². The molecule has 3 aromatic rings. The minimum atomic E-state index is -0.611. The van der Waals surface area contributed by atoms with Crippen LogP contribution in [0.1, 0.15) is 10.4 Å². The standard InChI is InChI=1S/C16H10BrFN2O/c17-13-6-7-14(12-4-2-1-3-11(12)13)20-16(21)10-5-8-15(18)19-9-10/h1-9H,(H,20,21). The van der Waals surface area contributed by atoms with Crippen LogP contribution in [0.15, 0.2) is 59.2 Å². The zero-order chi connectivity index (χ0) is 14.8. The Hall–Kier alpha value is -2.27. The number of benzene rings is 2. The first-order valence-corrected chi connectivity index (χ1v) is 7.04. The fourth-order valence-electron chi connectivity index (χ4n) is 2.08. The number of hydrogen-bond donors (Lipinski definition) is 1. The maximum absolute atomic E-state index is 12.8. The topological polar surface area (TPSA) is 42.0 Å². The lowest BCUT2D eigenvalue weighted by Gasteiger charge is -2.10. The molecule has 3 nitrogen and oxygen atoms in total. The van der Waals surface area contributed by atoms with E-state index in [2.05, 4.69) is 26.2 Å². The van der Waals surface area contributed by atoms with E-state index in [-0.39, 0.29) is 5.91 Å². The zero-order valence-electron chi connectivity index (χ0n) is 10.8. The van der Waals surface area contributed by atoms with Gasteiger partial charge in [0.05, 0.1) is 5.56 Å². The molecule has 0 bridgehead atoms. The molecule has 0 fully saturated rings. The van der Waals surface area contributed by atoms with Crippen molar-refractivity contribution < 1.29 is 9.18 Å². The Morgan fingerprint density at radius 1 is 1.05 bits per heavy atom. The summed E-state index contributed by atoms with van der Waals surface area (Å²) in [5.41, 5.74) is 1.01. The fraction of sp³-hybridized carbons (Fsp3) is 0. The van der Waals surface area contributed by atoms with Gasteiger partial charge in [0.2, 0.25) is 5.95 Å². The van der Waals surface area contributed by atoms with Crippen LogP contribution in [0.4, 0.5) is 10.1 Å². The molecule has 5 heteroatoms. The Morgan fingerprint density at radius 2 is 1.81 bits per heavy atom. The van der Waals surface area contributed by atoms with E-state index in [0.29, 0.717) is 11.3 Å². The van der Waals surface area contributed by atoms with Gasteiger partial charge >= 0.3 is 0 Å². The first-order valence-electron chi connectivity index (χ1n) is 6.25.